The van der Waals surface area contributed by atoms with Gasteiger partial charge >= 0.3 is 6.03 Å². The van der Waals surface area contributed by atoms with Crippen LogP contribution in [0.5, 0.6) is 0 Å². The van der Waals surface area contributed by atoms with E-state index in [-0.39, 0.29) is 11.6 Å². The van der Waals surface area contributed by atoms with Crippen LogP contribution in [-0.4, -0.2) is 21.8 Å². The minimum atomic E-state index is -0.111. The standard InChI is InChI=1S/C15H22N4OS/c1-2-14-4-10-3-11(5-14)7-15(6-10,8-14)18-12(20)17-13-19-16-9-21-13/h9-11H,2-8H2,1H3,(H2,17,18,19,20)/t10-,11-,14?,15?/m0/s1. The predicted octanol–water partition coefficient (Wildman–Crippen LogP) is 3.41. The van der Waals surface area contributed by atoms with Crippen LogP contribution in [0.3, 0.4) is 0 Å². The first-order valence-electron chi connectivity index (χ1n) is 7.96. The average molecular weight is 306 g/mol. The zero-order valence-electron chi connectivity index (χ0n) is 12.4. The molecule has 2 atom stereocenters. The van der Waals surface area contributed by atoms with Gasteiger partial charge in [-0.3, -0.25) is 5.32 Å². The van der Waals surface area contributed by atoms with E-state index in [0.717, 1.165) is 31.1 Å². The average Bonchev–Trinajstić information content (AvgIpc) is 2.89. The minimum Gasteiger partial charge on any atom is -0.332 e. The van der Waals surface area contributed by atoms with Crippen molar-refractivity contribution in [2.75, 3.05) is 5.32 Å². The smallest absolute Gasteiger partial charge is 0.321 e. The normalized spacial score (nSPS) is 40.2. The van der Waals surface area contributed by atoms with Gasteiger partial charge in [0.15, 0.2) is 0 Å². The third kappa shape index (κ3) is 2.33. The van der Waals surface area contributed by atoms with Gasteiger partial charge in [-0.25, -0.2) is 4.79 Å². The number of anilines is 1. The van der Waals surface area contributed by atoms with Crippen LogP contribution in [0.25, 0.3) is 0 Å². The number of nitrogens with zero attached hydrogens (tertiary/aromatic N) is 2. The summed E-state index contributed by atoms with van der Waals surface area (Å²) in [6.45, 7) is 2.32. The van der Waals surface area contributed by atoms with Gasteiger partial charge in [0.05, 0.1) is 0 Å². The second kappa shape index (κ2) is 4.66. The van der Waals surface area contributed by atoms with Crippen LogP contribution < -0.4 is 10.6 Å². The van der Waals surface area contributed by atoms with Crippen molar-refractivity contribution in [2.45, 2.75) is 57.4 Å². The summed E-state index contributed by atoms with van der Waals surface area (Å²) in [5.74, 6) is 1.63. The Labute approximate surface area is 128 Å². The molecule has 2 N–H and O–H groups in total. The maximum atomic E-state index is 12.3. The molecule has 0 unspecified atom stereocenters. The SMILES string of the molecule is CCC12C[C@@H]3C[C@@H](C1)CC(NC(=O)Nc1nncs1)(C3)C2. The third-order valence-electron chi connectivity index (χ3n) is 5.89. The molecule has 1 aromatic heterocycles. The van der Waals surface area contributed by atoms with E-state index >= 15 is 0 Å². The number of aromatic nitrogens is 2. The number of carbonyl (C=O) groups is 1. The zero-order valence-corrected chi connectivity index (χ0v) is 13.2. The number of amides is 2. The first-order valence-corrected chi connectivity index (χ1v) is 8.84. The van der Waals surface area contributed by atoms with Crippen LogP contribution >= 0.6 is 11.3 Å². The highest BCUT2D eigenvalue weighted by Crippen LogP contribution is 2.62. The van der Waals surface area contributed by atoms with Gasteiger partial charge in [0.25, 0.3) is 0 Å². The Balaban J connectivity index is 1.50. The van der Waals surface area contributed by atoms with E-state index in [2.05, 4.69) is 27.8 Å². The summed E-state index contributed by atoms with van der Waals surface area (Å²) in [5.41, 5.74) is 2.14. The van der Waals surface area contributed by atoms with Crippen LogP contribution in [0.1, 0.15) is 51.9 Å². The highest BCUT2D eigenvalue weighted by Gasteiger charge is 2.57. The monoisotopic (exact) mass is 306 g/mol. The molecule has 0 aliphatic heterocycles. The molecule has 4 aliphatic rings. The molecule has 4 saturated carbocycles. The first kappa shape index (κ1) is 13.5. The Morgan fingerprint density at radius 3 is 2.76 bits per heavy atom. The first-order chi connectivity index (χ1) is 10.1. The number of urea groups is 1. The zero-order chi connectivity index (χ0) is 14.5. The fourth-order valence-electron chi connectivity index (χ4n) is 5.61. The van der Waals surface area contributed by atoms with Gasteiger partial charge in [-0.15, -0.1) is 10.2 Å². The number of hydrogen-bond acceptors (Lipinski definition) is 4. The van der Waals surface area contributed by atoms with E-state index in [1.807, 2.05) is 0 Å². The Morgan fingerprint density at radius 2 is 2.14 bits per heavy atom. The summed E-state index contributed by atoms with van der Waals surface area (Å²) in [7, 11) is 0. The molecule has 4 fully saturated rings. The van der Waals surface area contributed by atoms with Crippen LogP contribution in [0, 0.1) is 17.3 Å². The number of rotatable bonds is 3. The van der Waals surface area contributed by atoms with E-state index < -0.39 is 0 Å². The lowest BCUT2D eigenvalue weighted by atomic mass is 9.46. The highest BCUT2D eigenvalue weighted by molar-refractivity contribution is 7.13. The summed E-state index contributed by atoms with van der Waals surface area (Å²) >= 11 is 1.35. The Bertz CT molecular complexity index is 530. The van der Waals surface area contributed by atoms with Crippen molar-refractivity contribution in [3.8, 4) is 0 Å². The second-order valence-electron chi connectivity index (χ2n) is 7.42. The fraction of sp³-hybridized carbons (Fsp3) is 0.800. The number of nitrogens with one attached hydrogen (secondary N) is 2. The van der Waals surface area contributed by atoms with Crippen molar-refractivity contribution in [3.63, 3.8) is 0 Å². The van der Waals surface area contributed by atoms with Crippen LogP contribution in [0.15, 0.2) is 5.51 Å². The highest BCUT2D eigenvalue weighted by atomic mass is 32.1. The summed E-state index contributed by atoms with van der Waals surface area (Å²) in [6.07, 6.45) is 8.87. The van der Waals surface area contributed by atoms with Crippen molar-refractivity contribution in [3.05, 3.63) is 5.51 Å². The van der Waals surface area contributed by atoms with Gasteiger partial charge in [-0.05, 0) is 55.8 Å². The second-order valence-corrected chi connectivity index (χ2v) is 8.25. The fourth-order valence-corrected chi connectivity index (χ4v) is 6.05. The molecule has 4 bridgehead atoms. The Hall–Kier alpha value is -1.17. The largest absolute Gasteiger partial charge is 0.332 e. The van der Waals surface area contributed by atoms with E-state index in [1.54, 1.807) is 5.51 Å². The van der Waals surface area contributed by atoms with Crippen molar-refractivity contribution in [1.82, 2.24) is 15.5 Å². The molecule has 6 heteroatoms. The van der Waals surface area contributed by atoms with Crippen LogP contribution in [-0.2, 0) is 0 Å². The van der Waals surface area contributed by atoms with Crippen molar-refractivity contribution in [1.29, 1.82) is 0 Å². The molecule has 0 radical (unpaired) electrons. The molecule has 5 nitrogen and oxygen atoms in total. The maximum Gasteiger partial charge on any atom is 0.321 e. The molecule has 0 spiro atoms. The molecule has 5 rings (SSSR count). The van der Waals surface area contributed by atoms with Gasteiger partial charge < -0.3 is 5.32 Å². The van der Waals surface area contributed by atoms with Crippen LogP contribution in [0.4, 0.5) is 9.93 Å². The lowest BCUT2D eigenvalue weighted by molar-refractivity contribution is -0.0779. The molecular formula is C15H22N4OS. The molecule has 21 heavy (non-hydrogen) atoms. The summed E-state index contributed by atoms with van der Waals surface area (Å²) in [5, 5.41) is 14.3. The molecule has 1 aromatic rings. The van der Waals surface area contributed by atoms with E-state index in [9.17, 15) is 4.79 Å². The van der Waals surface area contributed by atoms with Gasteiger partial charge in [0.1, 0.15) is 5.51 Å². The van der Waals surface area contributed by atoms with Crippen molar-refractivity contribution in [2.24, 2.45) is 17.3 Å². The summed E-state index contributed by atoms with van der Waals surface area (Å²) < 4.78 is 0. The summed E-state index contributed by atoms with van der Waals surface area (Å²) in [6, 6.07) is -0.111. The third-order valence-corrected chi connectivity index (χ3v) is 6.50. The van der Waals surface area contributed by atoms with Gasteiger partial charge in [-0.2, -0.15) is 0 Å². The van der Waals surface area contributed by atoms with Crippen molar-refractivity contribution < 1.29 is 4.79 Å². The molecule has 2 amide bonds. The maximum absolute atomic E-state index is 12.3. The molecule has 0 saturated heterocycles. The van der Waals surface area contributed by atoms with Gasteiger partial charge in [-0.1, -0.05) is 24.7 Å². The molecule has 114 valence electrons. The van der Waals surface area contributed by atoms with Crippen LogP contribution in [0.2, 0.25) is 0 Å². The van der Waals surface area contributed by atoms with Gasteiger partial charge in [0.2, 0.25) is 5.13 Å². The quantitative estimate of drug-likeness (QED) is 0.899. The predicted molar refractivity (Wildman–Crippen MR) is 82.2 cm³/mol. The number of carbonyl (C=O) groups excluding carboxylic acids is 1. The Kier molecular flexibility index (Phi) is 3.00. The Morgan fingerprint density at radius 1 is 1.38 bits per heavy atom. The van der Waals surface area contributed by atoms with Gasteiger partial charge in [0, 0.05) is 5.54 Å². The van der Waals surface area contributed by atoms with E-state index in [1.165, 1.54) is 37.0 Å². The lowest BCUT2D eigenvalue weighted by Crippen LogP contribution is -2.63. The molecule has 1 heterocycles. The molecule has 0 aromatic carbocycles. The lowest BCUT2D eigenvalue weighted by Gasteiger charge is -2.62. The topological polar surface area (TPSA) is 66.9 Å². The van der Waals surface area contributed by atoms with Crippen molar-refractivity contribution >= 4 is 22.5 Å². The van der Waals surface area contributed by atoms with E-state index in [0.29, 0.717) is 10.5 Å². The molecular weight excluding hydrogens is 284 g/mol. The van der Waals surface area contributed by atoms with E-state index in [4.69, 9.17) is 0 Å². The number of hydrogen-bond donors (Lipinski definition) is 2. The molecule has 4 aliphatic carbocycles. The minimum absolute atomic E-state index is 0.0227. The summed E-state index contributed by atoms with van der Waals surface area (Å²) in [4.78, 5) is 12.3.